The highest BCUT2D eigenvalue weighted by molar-refractivity contribution is 9.10. The number of nitrogens with zero attached hydrogens (tertiary/aromatic N) is 1. The van der Waals surface area contributed by atoms with Gasteiger partial charge >= 0.3 is 0 Å². The standard InChI is InChI=1S/C14H17BrN2/c1-10-4-2-3-5-13(10)17-14-7-6-11(9-16)8-12(14)15/h6-8,10,13,17H,2-5H2,1H3. The van der Waals surface area contributed by atoms with Gasteiger partial charge in [0.25, 0.3) is 0 Å². The van der Waals surface area contributed by atoms with E-state index in [2.05, 4.69) is 34.2 Å². The van der Waals surface area contributed by atoms with Gasteiger partial charge in [-0.15, -0.1) is 0 Å². The molecular formula is C14H17BrN2. The van der Waals surface area contributed by atoms with Gasteiger partial charge in [0.15, 0.2) is 0 Å². The molecule has 1 aliphatic rings. The molecule has 1 saturated carbocycles. The predicted octanol–water partition coefficient (Wildman–Crippen LogP) is 4.31. The highest BCUT2D eigenvalue weighted by Crippen LogP contribution is 2.30. The predicted molar refractivity (Wildman–Crippen MR) is 73.9 cm³/mol. The van der Waals surface area contributed by atoms with Crippen LogP contribution < -0.4 is 5.32 Å². The lowest BCUT2D eigenvalue weighted by Gasteiger charge is -2.30. The van der Waals surface area contributed by atoms with E-state index in [1.165, 1.54) is 25.7 Å². The molecular weight excluding hydrogens is 276 g/mol. The van der Waals surface area contributed by atoms with Crippen LogP contribution in [0.3, 0.4) is 0 Å². The van der Waals surface area contributed by atoms with Crippen LogP contribution in [-0.4, -0.2) is 6.04 Å². The third kappa shape index (κ3) is 3.01. The Morgan fingerprint density at radius 3 is 2.76 bits per heavy atom. The monoisotopic (exact) mass is 292 g/mol. The van der Waals surface area contributed by atoms with Crippen molar-refractivity contribution in [3.8, 4) is 6.07 Å². The van der Waals surface area contributed by atoms with Crippen molar-refractivity contribution in [2.24, 2.45) is 5.92 Å². The molecule has 0 saturated heterocycles. The molecule has 3 heteroatoms. The summed E-state index contributed by atoms with van der Waals surface area (Å²) in [4.78, 5) is 0. The number of halogens is 1. The quantitative estimate of drug-likeness (QED) is 0.882. The second-order valence-electron chi connectivity index (χ2n) is 4.82. The molecule has 1 aliphatic carbocycles. The summed E-state index contributed by atoms with van der Waals surface area (Å²) in [6, 6.07) is 8.44. The number of nitrogens with one attached hydrogen (secondary N) is 1. The molecule has 0 bridgehead atoms. The van der Waals surface area contributed by atoms with Crippen LogP contribution in [0.2, 0.25) is 0 Å². The van der Waals surface area contributed by atoms with Crippen LogP contribution in [0.5, 0.6) is 0 Å². The van der Waals surface area contributed by atoms with Gasteiger partial charge in [-0.05, 0) is 52.9 Å². The average Bonchev–Trinajstić information content (AvgIpc) is 2.34. The first-order valence-corrected chi connectivity index (χ1v) is 6.96. The van der Waals surface area contributed by atoms with E-state index in [4.69, 9.17) is 5.26 Å². The third-order valence-corrected chi connectivity index (χ3v) is 4.21. The zero-order valence-corrected chi connectivity index (χ0v) is 11.6. The number of hydrogen-bond donors (Lipinski definition) is 1. The van der Waals surface area contributed by atoms with Gasteiger partial charge in [-0.25, -0.2) is 0 Å². The van der Waals surface area contributed by atoms with Gasteiger partial charge in [-0.2, -0.15) is 5.26 Å². The maximum Gasteiger partial charge on any atom is 0.0992 e. The van der Waals surface area contributed by atoms with Crippen molar-refractivity contribution in [3.05, 3.63) is 28.2 Å². The van der Waals surface area contributed by atoms with Crippen LogP contribution in [0.15, 0.2) is 22.7 Å². The lowest BCUT2D eigenvalue weighted by molar-refractivity contribution is 0.349. The number of anilines is 1. The third-order valence-electron chi connectivity index (χ3n) is 3.55. The van der Waals surface area contributed by atoms with Gasteiger partial charge < -0.3 is 5.32 Å². The molecule has 2 unspecified atom stereocenters. The van der Waals surface area contributed by atoms with Crippen molar-refractivity contribution in [2.45, 2.75) is 38.6 Å². The molecule has 0 aliphatic heterocycles. The van der Waals surface area contributed by atoms with E-state index >= 15 is 0 Å². The van der Waals surface area contributed by atoms with Gasteiger partial charge in [-0.3, -0.25) is 0 Å². The van der Waals surface area contributed by atoms with Gasteiger partial charge in [0.1, 0.15) is 0 Å². The highest BCUT2D eigenvalue weighted by atomic mass is 79.9. The van der Waals surface area contributed by atoms with E-state index in [1.807, 2.05) is 18.2 Å². The molecule has 0 aromatic heterocycles. The molecule has 2 atom stereocenters. The van der Waals surface area contributed by atoms with Crippen molar-refractivity contribution in [1.29, 1.82) is 5.26 Å². The number of benzene rings is 1. The first-order valence-electron chi connectivity index (χ1n) is 6.17. The summed E-state index contributed by atoms with van der Waals surface area (Å²) < 4.78 is 0.981. The summed E-state index contributed by atoms with van der Waals surface area (Å²) in [5.41, 5.74) is 1.79. The molecule has 0 spiro atoms. The van der Waals surface area contributed by atoms with Crippen LogP contribution in [-0.2, 0) is 0 Å². The normalized spacial score (nSPS) is 24.1. The molecule has 17 heavy (non-hydrogen) atoms. The maximum atomic E-state index is 8.83. The van der Waals surface area contributed by atoms with Gasteiger partial charge in [0.05, 0.1) is 11.6 Å². The van der Waals surface area contributed by atoms with Crippen molar-refractivity contribution in [3.63, 3.8) is 0 Å². The lowest BCUT2D eigenvalue weighted by Crippen LogP contribution is -2.30. The lowest BCUT2D eigenvalue weighted by atomic mass is 9.86. The number of hydrogen-bond acceptors (Lipinski definition) is 2. The Morgan fingerprint density at radius 2 is 2.12 bits per heavy atom. The van der Waals surface area contributed by atoms with E-state index in [-0.39, 0.29) is 0 Å². The van der Waals surface area contributed by atoms with Crippen LogP contribution in [0, 0.1) is 17.2 Å². The fourth-order valence-electron chi connectivity index (χ4n) is 2.43. The first-order chi connectivity index (χ1) is 8.20. The van der Waals surface area contributed by atoms with Crippen LogP contribution in [0.25, 0.3) is 0 Å². The zero-order chi connectivity index (χ0) is 12.3. The second kappa shape index (κ2) is 5.55. The van der Waals surface area contributed by atoms with E-state index in [1.54, 1.807) is 0 Å². The molecule has 1 aromatic carbocycles. The van der Waals surface area contributed by atoms with Gasteiger partial charge in [0, 0.05) is 16.2 Å². The molecule has 0 amide bonds. The molecule has 1 fully saturated rings. The Labute approximate surface area is 111 Å². The summed E-state index contributed by atoms with van der Waals surface area (Å²) in [6.07, 6.45) is 5.23. The Kier molecular flexibility index (Phi) is 4.06. The van der Waals surface area contributed by atoms with E-state index < -0.39 is 0 Å². The topological polar surface area (TPSA) is 35.8 Å². The number of rotatable bonds is 2. The minimum absolute atomic E-state index is 0.563. The molecule has 1 N–H and O–H groups in total. The van der Waals surface area contributed by atoms with Gasteiger partial charge in [0.2, 0.25) is 0 Å². The SMILES string of the molecule is CC1CCCCC1Nc1ccc(C#N)cc1Br. The van der Waals surface area contributed by atoms with Crippen LogP contribution in [0.1, 0.15) is 38.2 Å². The summed E-state index contributed by atoms with van der Waals surface area (Å²) in [5, 5.41) is 12.4. The Balaban J connectivity index is 2.10. The first kappa shape index (κ1) is 12.4. The molecule has 0 radical (unpaired) electrons. The fraction of sp³-hybridized carbons (Fsp3) is 0.500. The molecule has 0 heterocycles. The van der Waals surface area contributed by atoms with Crippen LogP contribution in [0.4, 0.5) is 5.69 Å². The minimum Gasteiger partial charge on any atom is -0.381 e. The summed E-state index contributed by atoms with van der Waals surface area (Å²) in [5.74, 6) is 0.728. The Hall–Kier alpha value is -1.01. The summed E-state index contributed by atoms with van der Waals surface area (Å²) in [6.45, 7) is 2.31. The van der Waals surface area contributed by atoms with Crippen molar-refractivity contribution in [2.75, 3.05) is 5.32 Å². The smallest absolute Gasteiger partial charge is 0.0992 e. The van der Waals surface area contributed by atoms with Crippen LogP contribution >= 0.6 is 15.9 Å². The van der Waals surface area contributed by atoms with E-state index in [0.717, 1.165) is 16.1 Å². The molecule has 1 aromatic rings. The van der Waals surface area contributed by atoms with E-state index in [0.29, 0.717) is 11.6 Å². The average molecular weight is 293 g/mol. The second-order valence-corrected chi connectivity index (χ2v) is 5.67. The van der Waals surface area contributed by atoms with E-state index in [9.17, 15) is 0 Å². The Morgan fingerprint density at radius 1 is 1.35 bits per heavy atom. The summed E-state index contributed by atoms with van der Waals surface area (Å²) >= 11 is 3.52. The highest BCUT2D eigenvalue weighted by Gasteiger charge is 2.21. The largest absolute Gasteiger partial charge is 0.381 e. The molecule has 2 rings (SSSR count). The molecule has 2 nitrogen and oxygen atoms in total. The van der Waals surface area contributed by atoms with Crippen molar-refractivity contribution in [1.82, 2.24) is 0 Å². The summed E-state index contributed by atoms with van der Waals surface area (Å²) in [7, 11) is 0. The fourth-order valence-corrected chi connectivity index (χ4v) is 2.93. The Bertz CT molecular complexity index is 436. The number of nitriles is 1. The zero-order valence-electron chi connectivity index (χ0n) is 10.0. The van der Waals surface area contributed by atoms with Gasteiger partial charge in [-0.1, -0.05) is 19.8 Å². The van der Waals surface area contributed by atoms with Crippen molar-refractivity contribution >= 4 is 21.6 Å². The minimum atomic E-state index is 0.563. The maximum absolute atomic E-state index is 8.83. The van der Waals surface area contributed by atoms with Crippen molar-refractivity contribution < 1.29 is 0 Å². The molecule has 90 valence electrons.